The highest BCUT2D eigenvalue weighted by atomic mass is 35.5. The number of nitrogens with one attached hydrogen (secondary N) is 1. The maximum Gasteiger partial charge on any atom is 0.128 e. The van der Waals surface area contributed by atoms with Crippen LogP contribution in [0.5, 0.6) is 0 Å². The summed E-state index contributed by atoms with van der Waals surface area (Å²) in [6.07, 6.45) is 0.991. The maximum absolute atomic E-state index is 14.2. The predicted molar refractivity (Wildman–Crippen MR) is 82.7 cm³/mol. The van der Waals surface area contributed by atoms with Gasteiger partial charge >= 0.3 is 0 Å². The van der Waals surface area contributed by atoms with Gasteiger partial charge in [-0.3, -0.25) is 0 Å². The van der Waals surface area contributed by atoms with E-state index in [9.17, 15) is 4.39 Å². The molecule has 2 aromatic carbocycles. The molecule has 3 heteroatoms. The molecule has 0 aliphatic carbocycles. The average molecular weight is 292 g/mol. The molecular weight excluding hydrogens is 273 g/mol. The van der Waals surface area contributed by atoms with Gasteiger partial charge in [0.25, 0.3) is 0 Å². The van der Waals surface area contributed by atoms with Crippen molar-refractivity contribution in [3.63, 3.8) is 0 Å². The molecule has 0 heterocycles. The summed E-state index contributed by atoms with van der Waals surface area (Å²) in [5, 5.41) is 3.97. The normalized spacial score (nSPS) is 12.4. The highest BCUT2D eigenvalue weighted by molar-refractivity contribution is 6.30. The van der Waals surface area contributed by atoms with Crippen molar-refractivity contribution in [3.8, 4) is 0 Å². The lowest BCUT2D eigenvalue weighted by Gasteiger charge is -2.22. The van der Waals surface area contributed by atoms with E-state index in [1.807, 2.05) is 31.2 Å². The summed E-state index contributed by atoms with van der Waals surface area (Å²) in [4.78, 5) is 0. The molecule has 0 amide bonds. The number of rotatable bonds is 5. The van der Waals surface area contributed by atoms with Gasteiger partial charge in [0, 0.05) is 10.6 Å². The first-order chi connectivity index (χ1) is 9.63. The third-order valence-electron chi connectivity index (χ3n) is 3.37. The summed E-state index contributed by atoms with van der Waals surface area (Å²) in [5.41, 5.74) is 2.82. The van der Waals surface area contributed by atoms with Gasteiger partial charge in [-0.1, -0.05) is 42.8 Å². The molecule has 106 valence electrons. The minimum absolute atomic E-state index is 0.171. The molecule has 0 saturated heterocycles. The zero-order chi connectivity index (χ0) is 14.5. The van der Waals surface area contributed by atoms with Crippen LogP contribution in [-0.4, -0.2) is 6.54 Å². The Labute approximate surface area is 124 Å². The van der Waals surface area contributed by atoms with E-state index < -0.39 is 0 Å². The van der Waals surface area contributed by atoms with Crippen molar-refractivity contribution in [1.29, 1.82) is 0 Å². The lowest BCUT2D eigenvalue weighted by atomic mass is 9.94. The maximum atomic E-state index is 14.2. The van der Waals surface area contributed by atoms with Crippen LogP contribution in [0.3, 0.4) is 0 Å². The van der Waals surface area contributed by atoms with Crippen LogP contribution in [0, 0.1) is 12.7 Å². The molecule has 0 spiro atoms. The van der Waals surface area contributed by atoms with Crippen molar-refractivity contribution in [2.24, 2.45) is 0 Å². The van der Waals surface area contributed by atoms with E-state index in [0.29, 0.717) is 10.6 Å². The third-order valence-corrected chi connectivity index (χ3v) is 3.60. The van der Waals surface area contributed by atoms with Crippen molar-refractivity contribution < 1.29 is 4.39 Å². The molecule has 1 N–H and O–H groups in total. The number of benzene rings is 2. The molecule has 2 rings (SSSR count). The van der Waals surface area contributed by atoms with E-state index in [1.54, 1.807) is 12.1 Å². The molecule has 0 radical (unpaired) electrons. The molecule has 1 nitrogen and oxygen atoms in total. The molecule has 0 saturated carbocycles. The van der Waals surface area contributed by atoms with Crippen LogP contribution in [0.15, 0.2) is 42.5 Å². The largest absolute Gasteiger partial charge is 0.306 e. The second kappa shape index (κ2) is 6.87. The molecule has 1 unspecified atom stereocenters. The summed E-state index contributed by atoms with van der Waals surface area (Å²) in [6.45, 7) is 4.96. The lowest BCUT2D eigenvalue weighted by Crippen LogP contribution is -2.24. The van der Waals surface area contributed by atoms with E-state index in [1.165, 1.54) is 6.07 Å². The van der Waals surface area contributed by atoms with Gasteiger partial charge in [0.1, 0.15) is 5.82 Å². The number of halogens is 2. The molecule has 0 fully saturated rings. The first-order valence-corrected chi connectivity index (χ1v) is 7.25. The summed E-state index contributed by atoms with van der Waals surface area (Å²) < 4.78 is 14.2. The summed E-state index contributed by atoms with van der Waals surface area (Å²) >= 11 is 6.03. The average Bonchev–Trinajstić information content (AvgIpc) is 2.44. The van der Waals surface area contributed by atoms with Crippen LogP contribution in [0.4, 0.5) is 4.39 Å². The van der Waals surface area contributed by atoms with Gasteiger partial charge in [-0.05, 0) is 49.2 Å². The lowest BCUT2D eigenvalue weighted by molar-refractivity contribution is 0.545. The highest BCUT2D eigenvalue weighted by Crippen LogP contribution is 2.28. The van der Waals surface area contributed by atoms with Crippen LogP contribution in [0.25, 0.3) is 0 Å². The van der Waals surface area contributed by atoms with Crippen molar-refractivity contribution >= 4 is 11.6 Å². The van der Waals surface area contributed by atoms with Gasteiger partial charge < -0.3 is 5.32 Å². The molecule has 1 atom stereocenters. The number of aryl methyl sites for hydroxylation is 1. The fourth-order valence-corrected chi connectivity index (χ4v) is 2.50. The van der Waals surface area contributed by atoms with E-state index in [0.717, 1.165) is 24.1 Å². The molecule has 0 aliphatic rings. The zero-order valence-corrected chi connectivity index (χ0v) is 12.5. The van der Waals surface area contributed by atoms with Gasteiger partial charge in [0.2, 0.25) is 0 Å². The zero-order valence-electron chi connectivity index (χ0n) is 11.8. The smallest absolute Gasteiger partial charge is 0.128 e. The summed E-state index contributed by atoms with van der Waals surface area (Å²) in [5.74, 6) is -0.230. The fourth-order valence-electron chi connectivity index (χ4n) is 2.32. The van der Waals surface area contributed by atoms with Crippen LogP contribution in [0.2, 0.25) is 5.02 Å². The first kappa shape index (κ1) is 15.0. The molecular formula is C17H19ClFN. The van der Waals surface area contributed by atoms with Crippen LogP contribution in [-0.2, 0) is 0 Å². The standard InChI is InChI=1S/C17H19ClFN/c1-3-10-20-17(14-7-5-4-6-12(14)2)15-11-13(18)8-9-16(15)19/h4-9,11,17,20H,3,10H2,1-2H3. The second-order valence-corrected chi connectivity index (χ2v) is 5.35. The van der Waals surface area contributed by atoms with E-state index in [2.05, 4.69) is 12.2 Å². The first-order valence-electron chi connectivity index (χ1n) is 6.87. The summed E-state index contributed by atoms with van der Waals surface area (Å²) in [7, 11) is 0. The Bertz CT molecular complexity index is 583. The SMILES string of the molecule is CCCNC(c1ccccc1C)c1cc(Cl)ccc1F. The quantitative estimate of drug-likeness (QED) is 0.828. The molecule has 0 aromatic heterocycles. The monoisotopic (exact) mass is 291 g/mol. The van der Waals surface area contributed by atoms with Crippen LogP contribution in [0.1, 0.15) is 36.1 Å². The molecule has 2 aromatic rings. The van der Waals surface area contributed by atoms with Gasteiger partial charge in [-0.25, -0.2) is 4.39 Å². The van der Waals surface area contributed by atoms with Crippen molar-refractivity contribution in [3.05, 3.63) is 70.0 Å². The Morgan fingerprint density at radius 3 is 2.60 bits per heavy atom. The fraction of sp³-hybridized carbons (Fsp3) is 0.294. The third kappa shape index (κ3) is 3.38. The second-order valence-electron chi connectivity index (χ2n) is 4.91. The van der Waals surface area contributed by atoms with E-state index >= 15 is 0 Å². The Hall–Kier alpha value is -1.38. The Morgan fingerprint density at radius 2 is 1.90 bits per heavy atom. The minimum Gasteiger partial charge on any atom is -0.306 e. The van der Waals surface area contributed by atoms with E-state index in [4.69, 9.17) is 11.6 Å². The predicted octanol–water partition coefficient (Wildman–Crippen LogP) is 4.88. The molecule has 0 bridgehead atoms. The van der Waals surface area contributed by atoms with Gasteiger partial charge in [-0.2, -0.15) is 0 Å². The van der Waals surface area contributed by atoms with Crippen LogP contribution < -0.4 is 5.32 Å². The number of hydrogen-bond donors (Lipinski definition) is 1. The summed E-state index contributed by atoms with van der Waals surface area (Å²) in [6, 6.07) is 12.6. The molecule has 0 aliphatic heterocycles. The van der Waals surface area contributed by atoms with E-state index in [-0.39, 0.29) is 11.9 Å². The Kier molecular flexibility index (Phi) is 5.16. The molecule has 20 heavy (non-hydrogen) atoms. The van der Waals surface area contributed by atoms with Gasteiger partial charge in [-0.15, -0.1) is 0 Å². The van der Waals surface area contributed by atoms with Gasteiger partial charge in [0.15, 0.2) is 0 Å². The van der Waals surface area contributed by atoms with Crippen molar-refractivity contribution in [1.82, 2.24) is 5.32 Å². The van der Waals surface area contributed by atoms with Crippen molar-refractivity contribution in [2.75, 3.05) is 6.54 Å². The van der Waals surface area contributed by atoms with Crippen molar-refractivity contribution in [2.45, 2.75) is 26.3 Å². The Morgan fingerprint density at radius 1 is 1.15 bits per heavy atom. The minimum atomic E-state index is -0.230. The highest BCUT2D eigenvalue weighted by Gasteiger charge is 2.19. The number of hydrogen-bond acceptors (Lipinski definition) is 1. The van der Waals surface area contributed by atoms with Gasteiger partial charge in [0.05, 0.1) is 6.04 Å². The Balaban J connectivity index is 2.47. The topological polar surface area (TPSA) is 12.0 Å². The van der Waals surface area contributed by atoms with Crippen LogP contribution >= 0.6 is 11.6 Å².